The van der Waals surface area contributed by atoms with Gasteiger partial charge in [0.2, 0.25) is 0 Å². The Balaban J connectivity index is 1.99. The quantitative estimate of drug-likeness (QED) is 0.527. The van der Waals surface area contributed by atoms with Crippen molar-refractivity contribution in [2.24, 2.45) is 12.0 Å². The second-order valence-electron chi connectivity index (χ2n) is 5.77. The number of thiazole rings is 1. The maximum absolute atomic E-state index is 12.5. The number of fused-ring (bicyclic) bond motifs is 1. The monoisotopic (exact) mass is 363 g/mol. The molecule has 0 fully saturated rings. The first-order chi connectivity index (χ1) is 12.5. The Bertz CT molecular complexity index is 1110. The molecule has 3 aromatic rings. The van der Waals surface area contributed by atoms with E-state index in [1.165, 1.54) is 17.4 Å². The number of hydrogen-bond acceptors (Lipinski definition) is 4. The highest BCUT2D eigenvalue weighted by Crippen LogP contribution is 2.18. The zero-order valence-corrected chi connectivity index (χ0v) is 15.5. The Labute approximate surface area is 155 Å². The number of methoxy groups -OCH3 is 1. The zero-order valence-electron chi connectivity index (χ0n) is 14.7. The van der Waals surface area contributed by atoms with Gasteiger partial charge in [0.25, 0.3) is 5.91 Å². The van der Waals surface area contributed by atoms with Gasteiger partial charge in [-0.1, -0.05) is 29.5 Å². The van der Waals surface area contributed by atoms with Gasteiger partial charge in [0, 0.05) is 7.05 Å². The first-order valence-corrected chi connectivity index (χ1v) is 8.74. The maximum Gasteiger partial charge on any atom is 0.290 e. The van der Waals surface area contributed by atoms with Gasteiger partial charge in [-0.3, -0.25) is 4.79 Å². The van der Waals surface area contributed by atoms with Crippen LogP contribution < -0.4 is 9.54 Å². The summed E-state index contributed by atoms with van der Waals surface area (Å²) in [6, 6.07) is 15.1. The van der Waals surface area contributed by atoms with Crippen LogP contribution in [0.3, 0.4) is 0 Å². The van der Waals surface area contributed by atoms with Crippen LogP contribution in [-0.2, 0) is 11.8 Å². The summed E-state index contributed by atoms with van der Waals surface area (Å²) >= 11 is 1.43. The lowest BCUT2D eigenvalue weighted by molar-refractivity contribution is -0.114. The average molecular weight is 363 g/mol. The van der Waals surface area contributed by atoms with Gasteiger partial charge in [0.15, 0.2) is 4.80 Å². The summed E-state index contributed by atoms with van der Waals surface area (Å²) in [5.41, 5.74) is 2.88. The third-order valence-corrected chi connectivity index (χ3v) is 5.03. The Hall–Kier alpha value is -3.17. The Kier molecular flexibility index (Phi) is 5.01. The fourth-order valence-electron chi connectivity index (χ4n) is 2.50. The summed E-state index contributed by atoms with van der Waals surface area (Å²) in [5, 5.41) is 9.35. The number of carbonyl (C=O) groups is 1. The normalized spacial score (nSPS) is 12.2. The number of amides is 1. The van der Waals surface area contributed by atoms with E-state index in [1.54, 1.807) is 31.4 Å². The van der Waals surface area contributed by atoms with Gasteiger partial charge < -0.3 is 9.30 Å². The van der Waals surface area contributed by atoms with E-state index < -0.39 is 5.91 Å². The van der Waals surface area contributed by atoms with Crippen molar-refractivity contribution in [2.75, 3.05) is 7.11 Å². The molecule has 0 saturated carbocycles. The largest absolute Gasteiger partial charge is 0.497 e. The molecule has 0 aliphatic carbocycles. The van der Waals surface area contributed by atoms with Crippen LogP contribution in [0, 0.1) is 18.3 Å². The van der Waals surface area contributed by atoms with Crippen LogP contribution in [0.2, 0.25) is 0 Å². The minimum Gasteiger partial charge on any atom is -0.497 e. The number of benzene rings is 2. The summed E-state index contributed by atoms with van der Waals surface area (Å²) in [4.78, 5) is 17.2. The van der Waals surface area contributed by atoms with Gasteiger partial charge in [-0.2, -0.15) is 10.3 Å². The van der Waals surface area contributed by atoms with E-state index in [4.69, 9.17) is 4.74 Å². The van der Waals surface area contributed by atoms with Gasteiger partial charge in [-0.25, -0.2) is 0 Å². The molecule has 1 amide bonds. The van der Waals surface area contributed by atoms with Gasteiger partial charge in [0.05, 0.1) is 17.3 Å². The number of aromatic nitrogens is 1. The van der Waals surface area contributed by atoms with Gasteiger partial charge >= 0.3 is 0 Å². The van der Waals surface area contributed by atoms with Crippen molar-refractivity contribution in [3.05, 3.63) is 64.0 Å². The van der Waals surface area contributed by atoms with Gasteiger partial charge in [0.1, 0.15) is 17.4 Å². The molecule has 0 spiro atoms. The molecule has 0 N–H and O–H groups in total. The van der Waals surface area contributed by atoms with Crippen molar-refractivity contribution in [2.45, 2.75) is 6.92 Å². The number of nitriles is 1. The van der Waals surface area contributed by atoms with Crippen molar-refractivity contribution < 1.29 is 9.53 Å². The maximum atomic E-state index is 12.5. The molecule has 3 rings (SSSR count). The molecule has 1 heterocycles. The van der Waals surface area contributed by atoms with E-state index in [9.17, 15) is 10.1 Å². The molecule has 2 aromatic carbocycles. The lowest BCUT2D eigenvalue weighted by Gasteiger charge is -1.99. The van der Waals surface area contributed by atoms with Crippen molar-refractivity contribution >= 4 is 33.5 Å². The molecule has 130 valence electrons. The van der Waals surface area contributed by atoms with Crippen LogP contribution in [0.15, 0.2) is 53.0 Å². The predicted molar refractivity (Wildman–Crippen MR) is 103 cm³/mol. The predicted octanol–water partition coefficient (Wildman–Crippen LogP) is 3.59. The summed E-state index contributed by atoms with van der Waals surface area (Å²) < 4.78 is 8.02. The summed E-state index contributed by atoms with van der Waals surface area (Å²) in [5.74, 6) is 0.159. The van der Waals surface area contributed by atoms with Crippen LogP contribution >= 0.6 is 11.3 Å². The Morgan fingerprint density at radius 2 is 2.00 bits per heavy atom. The van der Waals surface area contributed by atoms with E-state index in [0.29, 0.717) is 10.6 Å². The first-order valence-electron chi connectivity index (χ1n) is 7.93. The molecular weight excluding hydrogens is 346 g/mol. The van der Waals surface area contributed by atoms with E-state index in [-0.39, 0.29) is 5.57 Å². The minimum absolute atomic E-state index is 0.0104. The number of ether oxygens (including phenoxy) is 1. The SMILES string of the molecule is COc1ccc(/C=C(\C#N)C(=O)N=c2sc3cc(C)ccc3n2C)cc1. The van der Waals surface area contributed by atoms with E-state index in [2.05, 4.69) is 11.1 Å². The van der Waals surface area contributed by atoms with Gasteiger partial charge in [-0.15, -0.1) is 0 Å². The zero-order chi connectivity index (χ0) is 18.7. The molecule has 5 nitrogen and oxygen atoms in total. The molecule has 1 aromatic heterocycles. The molecule has 0 aliphatic rings. The lowest BCUT2D eigenvalue weighted by atomic mass is 10.1. The van der Waals surface area contributed by atoms with Crippen LogP contribution in [0.5, 0.6) is 5.75 Å². The Morgan fingerprint density at radius 3 is 2.65 bits per heavy atom. The molecular formula is C20H17N3O2S. The highest BCUT2D eigenvalue weighted by Gasteiger charge is 2.10. The molecule has 0 atom stereocenters. The Morgan fingerprint density at radius 1 is 1.27 bits per heavy atom. The molecule has 0 unspecified atom stereocenters. The fraction of sp³-hybridized carbons (Fsp3) is 0.150. The third-order valence-electron chi connectivity index (χ3n) is 3.94. The standard InChI is InChI=1S/C20H17N3O2S/c1-13-4-9-17-18(10-13)26-20(23(17)2)22-19(24)15(12-21)11-14-5-7-16(25-3)8-6-14/h4-11H,1-3H3/b15-11+,22-20?. The number of nitrogens with zero attached hydrogens (tertiary/aromatic N) is 3. The average Bonchev–Trinajstić information content (AvgIpc) is 2.94. The highest BCUT2D eigenvalue weighted by molar-refractivity contribution is 7.16. The van der Waals surface area contributed by atoms with Crippen molar-refractivity contribution in [1.29, 1.82) is 5.26 Å². The second kappa shape index (κ2) is 7.38. The van der Waals surface area contributed by atoms with Crippen LogP contribution in [-0.4, -0.2) is 17.6 Å². The van der Waals surface area contributed by atoms with Crippen molar-refractivity contribution in [1.82, 2.24) is 4.57 Å². The van der Waals surface area contributed by atoms with Crippen LogP contribution in [0.25, 0.3) is 16.3 Å². The third kappa shape index (κ3) is 3.58. The first kappa shape index (κ1) is 17.6. The van der Waals surface area contributed by atoms with Crippen LogP contribution in [0.1, 0.15) is 11.1 Å². The van der Waals surface area contributed by atoms with Crippen molar-refractivity contribution in [3.63, 3.8) is 0 Å². The molecule has 0 saturated heterocycles. The number of carbonyl (C=O) groups excluding carboxylic acids is 1. The number of hydrogen-bond donors (Lipinski definition) is 0. The van der Waals surface area contributed by atoms with Gasteiger partial charge in [-0.05, 0) is 48.4 Å². The van der Waals surface area contributed by atoms with Crippen molar-refractivity contribution in [3.8, 4) is 11.8 Å². The highest BCUT2D eigenvalue weighted by atomic mass is 32.1. The smallest absolute Gasteiger partial charge is 0.290 e. The minimum atomic E-state index is -0.554. The second-order valence-corrected chi connectivity index (χ2v) is 6.78. The molecule has 26 heavy (non-hydrogen) atoms. The van der Waals surface area contributed by atoms with E-state index in [0.717, 1.165) is 21.3 Å². The number of rotatable bonds is 3. The summed E-state index contributed by atoms with van der Waals surface area (Å²) in [7, 11) is 3.44. The van der Waals surface area contributed by atoms with Crippen LogP contribution in [0.4, 0.5) is 0 Å². The molecule has 0 radical (unpaired) electrons. The summed E-state index contributed by atoms with van der Waals surface area (Å²) in [6.07, 6.45) is 1.53. The molecule has 0 aliphatic heterocycles. The van der Waals surface area contributed by atoms with E-state index in [1.807, 2.05) is 36.7 Å². The lowest BCUT2D eigenvalue weighted by Crippen LogP contribution is -2.13. The van der Waals surface area contributed by atoms with E-state index >= 15 is 0 Å². The topological polar surface area (TPSA) is 67.4 Å². The molecule has 6 heteroatoms. The number of aryl methyl sites for hydroxylation is 2. The summed E-state index contributed by atoms with van der Waals surface area (Å²) in [6.45, 7) is 2.02. The molecule has 0 bridgehead atoms. The fourth-order valence-corrected chi connectivity index (χ4v) is 3.62.